The van der Waals surface area contributed by atoms with Gasteiger partial charge in [0.05, 0.1) is 0 Å². The van der Waals surface area contributed by atoms with Gasteiger partial charge in [-0.05, 0) is 82.0 Å². The highest BCUT2D eigenvalue weighted by molar-refractivity contribution is 5.33. The first kappa shape index (κ1) is 28.0. The molecule has 3 unspecified atom stereocenters. The second kappa shape index (κ2) is 14.9. The Balaban J connectivity index is 3.00. The molecule has 0 bridgehead atoms. The molecular weight excluding hydrogens is 372 g/mol. The van der Waals surface area contributed by atoms with Crippen molar-refractivity contribution in [3.05, 3.63) is 47.1 Å². The third-order valence-corrected chi connectivity index (χ3v) is 7.48. The lowest BCUT2D eigenvalue weighted by atomic mass is 9.72. The Labute approximate surface area is 196 Å². The smallest absolute Gasteiger partial charge is 0.0200 e. The highest BCUT2D eigenvalue weighted by Gasteiger charge is 2.27. The first-order valence-corrected chi connectivity index (χ1v) is 13.4. The molecule has 0 radical (unpaired) electrons. The Hall–Kier alpha value is -1.04. The average Bonchev–Trinajstić information content (AvgIpc) is 2.70. The molecule has 1 aliphatic rings. The summed E-state index contributed by atoms with van der Waals surface area (Å²) in [5.74, 6) is 3.96. The Morgan fingerprint density at radius 2 is 1.71 bits per heavy atom. The van der Waals surface area contributed by atoms with Gasteiger partial charge in [0.25, 0.3) is 0 Å². The minimum atomic E-state index is 0.746. The molecule has 0 saturated heterocycles. The lowest BCUT2D eigenvalue weighted by Gasteiger charge is -2.33. The molecule has 0 aliphatic heterocycles. The van der Waals surface area contributed by atoms with E-state index in [-0.39, 0.29) is 0 Å². The van der Waals surface area contributed by atoms with Gasteiger partial charge in [-0.3, -0.25) is 0 Å². The fraction of sp³-hybridized carbons (Fsp3) is 0.742. The van der Waals surface area contributed by atoms with Crippen LogP contribution >= 0.6 is 0 Å². The summed E-state index contributed by atoms with van der Waals surface area (Å²) in [6.45, 7) is 22.9. The van der Waals surface area contributed by atoms with Gasteiger partial charge in [0.15, 0.2) is 0 Å². The van der Waals surface area contributed by atoms with Gasteiger partial charge in [0.1, 0.15) is 0 Å². The zero-order chi connectivity index (χ0) is 23.4. The molecule has 31 heavy (non-hydrogen) atoms. The Bertz CT molecular complexity index is 606. The summed E-state index contributed by atoms with van der Waals surface area (Å²) in [7, 11) is 0. The standard InChI is InChI=1S/C31H54/c1-10-14-28(15-11-2)31(17-13-16-23(4)5)26(9)22-29-18-19-30(21-25(29)8)27(12-3)20-24(6)7/h13,16,21,24,26-28,31H,4,10-12,14-15,17-20,22H2,1-3,5-9H3/b16-13-. The monoisotopic (exact) mass is 426 g/mol. The van der Waals surface area contributed by atoms with Crippen LogP contribution in [0.3, 0.4) is 0 Å². The molecule has 0 saturated carbocycles. The van der Waals surface area contributed by atoms with Gasteiger partial charge in [-0.15, -0.1) is 0 Å². The second-order valence-electron chi connectivity index (χ2n) is 10.9. The second-order valence-corrected chi connectivity index (χ2v) is 10.9. The van der Waals surface area contributed by atoms with Crippen molar-refractivity contribution in [2.24, 2.45) is 29.6 Å². The molecule has 1 aliphatic carbocycles. The summed E-state index contributed by atoms with van der Waals surface area (Å²) in [6.07, 6.45) is 20.3. The van der Waals surface area contributed by atoms with E-state index in [0.29, 0.717) is 0 Å². The van der Waals surface area contributed by atoms with Gasteiger partial charge in [0, 0.05) is 0 Å². The predicted molar refractivity (Wildman–Crippen MR) is 142 cm³/mol. The fourth-order valence-corrected chi connectivity index (χ4v) is 5.85. The lowest BCUT2D eigenvalue weighted by molar-refractivity contribution is 0.211. The van der Waals surface area contributed by atoms with Crippen molar-refractivity contribution in [3.63, 3.8) is 0 Å². The van der Waals surface area contributed by atoms with Crippen molar-refractivity contribution < 1.29 is 0 Å². The SMILES string of the molecule is C=C(C)/C=C\CC(C(C)CC1=C(C)C=C(C(CC)CC(C)C)CC1)C(CCC)CCC. The summed E-state index contributed by atoms with van der Waals surface area (Å²) < 4.78 is 0. The van der Waals surface area contributed by atoms with E-state index in [1.807, 2.05) is 0 Å². The van der Waals surface area contributed by atoms with Gasteiger partial charge in [-0.25, -0.2) is 0 Å². The maximum Gasteiger partial charge on any atom is -0.0200 e. The molecule has 0 aromatic carbocycles. The van der Waals surface area contributed by atoms with Crippen LogP contribution in [0.1, 0.15) is 120 Å². The zero-order valence-corrected chi connectivity index (χ0v) is 22.4. The largest absolute Gasteiger partial charge is 0.0961 e. The number of rotatable bonds is 15. The number of hydrogen-bond acceptors (Lipinski definition) is 0. The van der Waals surface area contributed by atoms with Gasteiger partial charge < -0.3 is 0 Å². The first-order valence-electron chi connectivity index (χ1n) is 13.4. The summed E-state index contributed by atoms with van der Waals surface area (Å²) in [4.78, 5) is 0. The minimum Gasteiger partial charge on any atom is -0.0961 e. The maximum atomic E-state index is 4.06. The zero-order valence-electron chi connectivity index (χ0n) is 22.4. The van der Waals surface area contributed by atoms with E-state index in [2.05, 4.69) is 80.2 Å². The molecule has 0 heteroatoms. The van der Waals surface area contributed by atoms with E-state index in [0.717, 1.165) is 29.6 Å². The van der Waals surface area contributed by atoms with Crippen LogP contribution in [-0.2, 0) is 0 Å². The van der Waals surface area contributed by atoms with Crippen LogP contribution < -0.4 is 0 Å². The summed E-state index contributed by atoms with van der Waals surface area (Å²) in [6, 6.07) is 0. The molecule has 0 nitrogen and oxygen atoms in total. The van der Waals surface area contributed by atoms with Gasteiger partial charge >= 0.3 is 0 Å². The van der Waals surface area contributed by atoms with Crippen molar-refractivity contribution in [3.8, 4) is 0 Å². The first-order chi connectivity index (χ1) is 14.7. The normalized spacial score (nSPS) is 18.1. The Kier molecular flexibility index (Phi) is 13.5. The highest BCUT2D eigenvalue weighted by Crippen LogP contribution is 2.39. The van der Waals surface area contributed by atoms with Crippen molar-refractivity contribution in [2.75, 3.05) is 0 Å². The van der Waals surface area contributed by atoms with Crippen LogP contribution in [0.25, 0.3) is 0 Å². The summed E-state index contributed by atoms with van der Waals surface area (Å²) in [5, 5.41) is 0. The molecule has 0 spiro atoms. The fourth-order valence-electron chi connectivity index (χ4n) is 5.85. The van der Waals surface area contributed by atoms with Crippen molar-refractivity contribution >= 4 is 0 Å². The van der Waals surface area contributed by atoms with Crippen LogP contribution in [0.2, 0.25) is 0 Å². The van der Waals surface area contributed by atoms with Crippen LogP contribution in [0.15, 0.2) is 47.1 Å². The third kappa shape index (κ3) is 9.97. The Morgan fingerprint density at radius 3 is 2.19 bits per heavy atom. The van der Waals surface area contributed by atoms with Crippen LogP contribution in [-0.4, -0.2) is 0 Å². The number of allylic oxidation sites excluding steroid dienone is 7. The van der Waals surface area contributed by atoms with Gasteiger partial charge in [-0.2, -0.15) is 0 Å². The van der Waals surface area contributed by atoms with Gasteiger partial charge in [-0.1, -0.05) is 114 Å². The van der Waals surface area contributed by atoms with Crippen LogP contribution in [0, 0.1) is 29.6 Å². The average molecular weight is 427 g/mol. The minimum absolute atomic E-state index is 0.746. The molecule has 0 aromatic rings. The maximum absolute atomic E-state index is 4.06. The van der Waals surface area contributed by atoms with Crippen LogP contribution in [0.4, 0.5) is 0 Å². The molecule has 0 amide bonds. The predicted octanol–water partition coefficient (Wildman–Crippen LogP) is 10.5. The lowest BCUT2D eigenvalue weighted by Crippen LogP contribution is -2.23. The summed E-state index contributed by atoms with van der Waals surface area (Å²) in [5.41, 5.74) is 6.20. The molecule has 0 aromatic heterocycles. The third-order valence-electron chi connectivity index (χ3n) is 7.48. The molecule has 3 atom stereocenters. The molecular formula is C31H54. The van der Waals surface area contributed by atoms with Crippen LogP contribution in [0.5, 0.6) is 0 Å². The number of hydrogen-bond donors (Lipinski definition) is 0. The van der Waals surface area contributed by atoms with E-state index in [1.54, 1.807) is 16.7 Å². The molecule has 0 fully saturated rings. The van der Waals surface area contributed by atoms with Gasteiger partial charge in [0.2, 0.25) is 0 Å². The quantitative estimate of drug-likeness (QED) is 0.228. The van der Waals surface area contributed by atoms with E-state index in [1.165, 1.54) is 69.8 Å². The van der Waals surface area contributed by atoms with Crippen molar-refractivity contribution in [1.82, 2.24) is 0 Å². The van der Waals surface area contributed by atoms with Crippen molar-refractivity contribution in [1.29, 1.82) is 0 Å². The molecule has 0 heterocycles. The van der Waals surface area contributed by atoms with E-state index in [4.69, 9.17) is 0 Å². The molecule has 1 rings (SSSR count). The van der Waals surface area contributed by atoms with E-state index < -0.39 is 0 Å². The van der Waals surface area contributed by atoms with E-state index >= 15 is 0 Å². The topological polar surface area (TPSA) is 0 Å². The summed E-state index contributed by atoms with van der Waals surface area (Å²) >= 11 is 0. The van der Waals surface area contributed by atoms with Crippen molar-refractivity contribution in [2.45, 2.75) is 120 Å². The Morgan fingerprint density at radius 1 is 1.06 bits per heavy atom. The molecule has 178 valence electrons. The van der Waals surface area contributed by atoms with E-state index in [9.17, 15) is 0 Å². The molecule has 0 N–H and O–H groups in total. The highest BCUT2D eigenvalue weighted by atomic mass is 14.3.